The van der Waals surface area contributed by atoms with Crippen LogP contribution >= 0.6 is 0 Å². The third-order valence-corrected chi connectivity index (χ3v) is 2.60. The minimum Gasteiger partial charge on any atom is -0.346 e. The summed E-state index contributed by atoms with van der Waals surface area (Å²) in [6.45, 7) is -1.61. The molecule has 0 aliphatic heterocycles. The summed E-state index contributed by atoms with van der Waals surface area (Å²) in [6.07, 6.45) is 2.83. The second-order valence-corrected chi connectivity index (χ2v) is 4.13. The van der Waals surface area contributed by atoms with Gasteiger partial charge in [-0.25, -0.2) is 18.4 Å². The van der Waals surface area contributed by atoms with Gasteiger partial charge in [-0.1, -0.05) is 6.07 Å². The molecule has 0 spiro atoms. The number of hydrogen-bond acceptors (Lipinski definition) is 4. The van der Waals surface area contributed by atoms with Gasteiger partial charge >= 0.3 is 0 Å². The van der Waals surface area contributed by atoms with Gasteiger partial charge in [0.1, 0.15) is 12.7 Å². The lowest BCUT2D eigenvalue weighted by Crippen LogP contribution is -2.41. The number of alkyl halides is 2. The van der Waals surface area contributed by atoms with E-state index in [1.54, 1.807) is 12.1 Å². The smallest absolute Gasteiger partial charge is 0.277 e. The predicted octanol–water partition coefficient (Wildman–Crippen LogP) is 0.591. The number of aromatic nitrogens is 3. The zero-order valence-corrected chi connectivity index (χ0v) is 10.5. The van der Waals surface area contributed by atoms with Crippen molar-refractivity contribution in [3.05, 3.63) is 42.5 Å². The highest BCUT2D eigenvalue weighted by Crippen LogP contribution is 2.11. The topological polar surface area (TPSA) is 85.8 Å². The normalized spacial score (nSPS) is 11.3. The molecule has 2 aromatic rings. The van der Waals surface area contributed by atoms with Crippen LogP contribution in [0.15, 0.2) is 36.9 Å². The fourth-order valence-electron chi connectivity index (χ4n) is 1.52. The minimum atomic E-state index is -3.11. The van der Waals surface area contributed by atoms with Crippen LogP contribution in [0.1, 0.15) is 10.4 Å². The Morgan fingerprint density at radius 1 is 1.45 bits per heavy atom. The molecule has 0 radical (unpaired) electrons. The number of nitrogens with two attached hydrogens (primary N) is 1. The first-order valence-corrected chi connectivity index (χ1v) is 5.83. The van der Waals surface area contributed by atoms with Crippen LogP contribution in [0.2, 0.25) is 0 Å². The van der Waals surface area contributed by atoms with Gasteiger partial charge in [0.15, 0.2) is 0 Å². The molecule has 0 atom stereocenters. The Morgan fingerprint density at radius 3 is 2.90 bits per heavy atom. The number of hydrogen-bond donors (Lipinski definition) is 2. The van der Waals surface area contributed by atoms with Crippen molar-refractivity contribution in [2.24, 2.45) is 5.73 Å². The lowest BCUT2D eigenvalue weighted by Gasteiger charge is -2.14. The monoisotopic (exact) mass is 281 g/mol. The molecule has 20 heavy (non-hydrogen) atoms. The average molecular weight is 281 g/mol. The molecule has 106 valence electrons. The number of halogens is 2. The molecular formula is C12H13F2N5O. The van der Waals surface area contributed by atoms with Crippen LogP contribution in [0.3, 0.4) is 0 Å². The summed E-state index contributed by atoms with van der Waals surface area (Å²) in [4.78, 5) is 15.6. The van der Waals surface area contributed by atoms with E-state index in [2.05, 4.69) is 15.4 Å². The largest absolute Gasteiger partial charge is 0.346 e. The molecule has 6 nitrogen and oxygen atoms in total. The van der Waals surface area contributed by atoms with E-state index in [1.807, 2.05) is 0 Å². The van der Waals surface area contributed by atoms with Crippen molar-refractivity contribution < 1.29 is 13.6 Å². The number of nitrogens with one attached hydrogen (secondary N) is 1. The Hall–Kier alpha value is -2.35. The van der Waals surface area contributed by atoms with E-state index in [9.17, 15) is 13.6 Å². The van der Waals surface area contributed by atoms with Gasteiger partial charge in [-0.15, -0.1) is 0 Å². The van der Waals surface area contributed by atoms with Crippen molar-refractivity contribution >= 4 is 5.91 Å². The SMILES string of the molecule is NCC(F)(F)CNC(=O)c1cccc(-n2cncn2)c1. The first-order valence-electron chi connectivity index (χ1n) is 5.83. The maximum Gasteiger partial charge on any atom is 0.277 e. The first-order chi connectivity index (χ1) is 9.52. The van der Waals surface area contributed by atoms with E-state index >= 15 is 0 Å². The van der Waals surface area contributed by atoms with Crippen molar-refractivity contribution in [1.29, 1.82) is 0 Å². The molecule has 1 aromatic heterocycles. The van der Waals surface area contributed by atoms with E-state index in [4.69, 9.17) is 5.73 Å². The van der Waals surface area contributed by atoms with Crippen LogP contribution < -0.4 is 11.1 Å². The number of nitrogens with zero attached hydrogens (tertiary/aromatic N) is 3. The highest BCUT2D eigenvalue weighted by Gasteiger charge is 2.27. The van der Waals surface area contributed by atoms with E-state index in [0.717, 1.165) is 0 Å². The molecule has 2 rings (SSSR count). The highest BCUT2D eigenvalue weighted by molar-refractivity contribution is 5.94. The molecule has 0 fully saturated rings. The van der Waals surface area contributed by atoms with Crippen molar-refractivity contribution in [2.75, 3.05) is 13.1 Å². The zero-order chi connectivity index (χ0) is 14.6. The van der Waals surface area contributed by atoms with Crippen LogP contribution in [0.25, 0.3) is 5.69 Å². The summed E-state index contributed by atoms with van der Waals surface area (Å²) >= 11 is 0. The fraction of sp³-hybridized carbons (Fsp3) is 0.250. The van der Waals surface area contributed by atoms with Crippen molar-refractivity contribution in [3.8, 4) is 5.69 Å². The van der Waals surface area contributed by atoms with Gasteiger partial charge in [0.2, 0.25) is 0 Å². The van der Waals surface area contributed by atoms with Gasteiger partial charge in [0.25, 0.3) is 11.8 Å². The molecule has 1 amide bonds. The zero-order valence-electron chi connectivity index (χ0n) is 10.5. The third kappa shape index (κ3) is 3.35. The maximum absolute atomic E-state index is 13.0. The number of carbonyl (C=O) groups is 1. The van der Waals surface area contributed by atoms with Gasteiger partial charge in [0, 0.05) is 5.56 Å². The van der Waals surface area contributed by atoms with Gasteiger partial charge in [0.05, 0.1) is 18.8 Å². The summed E-state index contributed by atoms with van der Waals surface area (Å²) in [5.74, 6) is -3.71. The van der Waals surface area contributed by atoms with Crippen LogP contribution in [-0.2, 0) is 0 Å². The molecule has 0 unspecified atom stereocenters. The van der Waals surface area contributed by atoms with Crippen LogP contribution in [0.4, 0.5) is 8.78 Å². The van der Waals surface area contributed by atoms with Crippen molar-refractivity contribution in [3.63, 3.8) is 0 Å². The van der Waals surface area contributed by atoms with E-state index in [-0.39, 0.29) is 5.56 Å². The number of rotatable bonds is 5. The van der Waals surface area contributed by atoms with Gasteiger partial charge < -0.3 is 11.1 Å². The summed E-state index contributed by atoms with van der Waals surface area (Å²) in [5, 5.41) is 6.07. The second-order valence-electron chi connectivity index (χ2n) is 4.13. The fourth-order valence-corrected chi connectivity index (χ4v) is 1.52. The van der Waals surface area contributed by atoms with Crippen LogP contribution in [0, 0.1) is 0 Å². The Morgan fingerprint density at radius 2 is 2.25 bits per heavy atom. The molecule has 1 aromatic carbocycles. The number of amides is 1. The Bertz CT molecular complexity index is 585. The molecule has 0 saturated carbocycles. The van der Waals surface area contributed by atoms with E-state index < -0.39 is 24.9 Å². The Kier molecular flexibility index (Phi) is 4.04. The Labute approximate surface area is 113 Å². The first kappa shape index (κ1) is 14.1. The standard InChI is InChI=1S/C12H13F2N5O/c13-12(14,5-15)6-17-11(20)9-2-1-3-10(4-9)19-8-16-7-18-19/h1-4,7-8H,5-6,15H2,(H,17,20). The van der Waals surface area contributed by atoms with Gasteiger partial charge in [-0.3, -0.25) is 4.79 Å². The summed E-state index contributed by atoms with van der Waals surface area (Å²) in [7, 11) is 0. The second kappa shape index (κ2) is 5.74. The van der Waals surface area contributed by atoms with Crippen LogP contribution in [0.5, 0.6) is 0 Å². The molecule has 1 heterocycles. The van der Waals surface area contributed by atoms with Crippen molar-refractivity contribution in [1.82, 2.24) is 20.1 Å². The molecule has 0 aliphatic carbocycles. The highest BCUT2D eigenvalue weighted by atomic mass is 19.3. The molecule has 3 N–H and O–H groups in total. The predicted molar refractivity (Wildman–Crippen MR) is 67.7 cm³/mol. The quantitative estimate of drug-likeness (QED) is 0.840. The molecule has 0 bridgehead atoms. The minimum absolute atomic E-state index is 0.255. The molecule has 0 saturated heterocycles. The maximum atomic E-state index is 13.0. The molecular weight excluding hydrogens is 268 g/mol. The summed E-state index contributed by atoms with van der Waals surface area (Å²) in [5.41, 5.74) is 5.77. The van der Waals surface area contributed by atoms with Gasteiger partial charge in [-0.05, 0) is 18.2 Å². The number of carbonyl (C=O) groups excluding carboxylic acids is 1. The summed E-state index contributed by atoms with van der Waals surface area (Å²) < 4.78 is 27.4. The number of benzene rings is 1. The third-order valence-electron chi connectivity index (χ3n) is 2.60. The molecule has 0 aliphatic rings. The van der Waals surface area contributed by atoms with Gasteiger partial charge in [-0.2, -0.15) is 5.10 Å². The lowest BCUT2D eigenvalue weighted by molar-refractivity contribution is 0.0118. The average Bonchev–Trinajstić information content (AvgIpc) is 2.99. The lowest BCUT2D eigenvalue weighted by atomic mass is 10.2. The van der Waals surface area contributed by atoms with E-state index in [0.29, 0.717) is 5.69 Å². The summed E-state index contributed by atoms with van der Waals surface area (Å²) in [6, 6.07) is 6.41. The van der Waals surface area contributed by atoms with Crippen molar-refractivity contribution in [2.45, 2.75) is 5.92 Å². The molecule has 8 heteroatoms. The van der Waals surface area contributed by atoms with Crippen LogP contribution in [-0.4, -0.2) is 39.7 Å². The van der Waals surface area contributed by atoms with E-state index in [1.165, 1.54) is 29.5 Å². The Balaban J connectivity index is 2.09.